The summed E-state index contributed by atoms with van der Waals surface area (Å²) < 4.78 is 9.15. The molecule has 0 saturated heterocycles. The van der Waals surface area contributed by atoms with E-state index < -0.39 is 0 Å². The van der Waals surface area contributed by atoms with Crippen LogP contribution in [0.5, 0.6) is 0 Å². The van der Waals surface area contributed by atoms with Gasteiger partial charge in [-0.15, -0.1) is 0 Å². The predicted octanol–water partition coefficient (Wildman–Crippen LogP) is 16.4. The van der Waals surface area contributed by atoms with Crippen molar-refractivity contribution in [2.24, 2.45) is 0 Å². The Labute approximate surface area is 394 Å². The van der Waals surface area contributed by atoms with Crippen LogP contribution in [0, 0.1) is 0 Å². The number of allylic oxidation sites excluding steroid dienone is 8. The topological polar surface area (TPSA) is 56.7 Å². The lowest BCUT2D eigenvalue weighted by molar-refractivity contribution is 0.669. The third kappa shape index (κ3) is 6.90. The fourth-order valence-corrected chi connectivity index (χ4v) is 10.3. The van der Waals surface area contributed by atoms with Gasteiger partial charge < -0.3 is 8.98 Å². The molecule has 0 bridgehead atoms. The summed E-state index contributed by atoms with van der Waals surface area (Å²) in [7, 11) is 0. The minimum absolute atomic E-state index is 0.262. The normalized spacial score (nSPS) is 14.8. The van der Waals surface area contributed by atoms with Crippen molar-refractivity contribution in [3.63, 3.8) is 0 Å². The van der Waals surface area contributed by atoms with E-state index in [1.807, 2.05) is 24.3 Å². The van der Waals surface area contributed by atoms with Crippen LogP contribution in [-0.4, -0.2) is 19.5 Å². The average Bonchev–Trinajstić information content (AvgIpc) is 3.97. The Morgan fingerprint density at radius 3 is 1.85 bits per heavy atom. The SMILES string of the molecule is C1=CC(c2nc(-c3ccccc3)nc(-c3cc(C4=CCC(c5ccccc5)C=C4)c(-n4c5ccccc5c5ccc6oc7ccccc7c6c54)c(-c4ccc(-c5ccccc5)cc4)c3)n2)=CCC1. The Morgan fingerprint density at radius 1 is 0.456 bits per heavy atom. The zero-order chi connectivity index (χ0) is 45.0. The summed E-state index contributed by atoms with van der Waals surface area (Å²) in [6.07, 6.45) is 16.5. The van der Waals surface area contributed by atoms with Crippen LogP contribution >= 0.6 is 0 Å². The molecule has 0 aliphatic heterocycles. The summed E-state index contributed by atoms with van der Waals surface area (Å²) in [6, 6.07) is 66.9. The molecule has 0 spiro atoms. The summed E-state index contributed by atoms with van der Waals surface area (Å²) in [5.74, 6) is 2.20. The van der Waals surface area contributed by atoms with Gasteiger partial charge in [0.1, 0.15) is 11.2 Å². The fraction of sp³-hybridized carbons (Fsp3) is 0.0635. The van der Waals surface area contributed by atoms with Crippen molar-refractivity contribution in [2.75, 3.05) is 0 Å². The Bertz CT molecular complexity index is 3860. The van der Waals surface area contributed by atoms with E-state index in [1.165, 1.54) is 21.9 Å². The van der Waals surface area contributed by atoms with Gasteiger partial charge in [-0.3, -0.25) is 0 Å². The summed E-state index contributed by atoms with van der Waals surface area (Å²) in [5.41, 5.74) is 15.9. The Morgan fingerprint density at radius 2 is 1.10 bits per heavy atom. The van der Waals surface area contributed by atoms with Crippen molar-refractivity contribution < 1.29 is 4.42 Å². The number of fused-ring (bicyclic) bond motifs is 7. The highest BCUT2D eigenvalue weighted by atomic mass is 16.3. The van der Waals surface area contributed by atoms with Gasteiger partial charge in [-0.1, -0.05) is 188 Å². The van der Waals surface area contributed by atoms with Crippen LogP contribution in [0.1, 0.15) is 42.1 Å². The molecule has 2 aliphatic carbocycles. The fourth-order valence-electron chi connectivity index (χ4n) is 10.3. The molecule has 0 fully saturated rings. The Kier molecular flexibility index (Phi) is 9.71. The molecular weight excluding hydrogens is 829 g/mol. The molecule has 8 aromatic carbocycles. The van der Waals surface area contributed by atoms with Crippen molar-refractivity contribution in [3.05, 3.63) is 241 Å². The number of para-hydroxylation sites is 2. The summed E-state index contributed by atoms with van der Waals surface area (Å²) >= 11 is 0. The van der Waals surface area contributed by atoms with Gasteiger partial charge in [-0.2, -0.15) is 0 Å². The standard InChI is InChI=1S/C63H44N4O/c1-5-17-41(18-6-1)43-29-33-45(34-30-43)53-39-49(63-65-61(47-21-9-3-10-22-47)64-62(66-63)48-23-11-4-12-24-48)40-54(46-35-31-44(32-36-46)42-19-7-2-8-20-42)59(53)67-55-27-15-13-25-50(55)51-37-38-57-58(60(51)67)52-26-14-16-28-56(52)68-57/h1-3,5-11,13-31,33-40,44H,4,12,32H2. The number of hydrogen-bond donors (Lipinski definition) is 0. The largest absolute Gasteiger partial charge is 0.456 e. The maximum atomic E-state index is 6.64. The second-order valence-electron chi connectivity index (χ2n) is 17.7. The molecule has 1 unspecified atom stereocenters. The Hall–Kier alpha value is -8.67. The van der Waals surface area contributed by atoms with E-state index in [2.05, 4.69) is 205 Å². The number of benzene rings is 8. The average molecular weight is 873 g/mol. The van der Waals surface area contributed by atoms with Gasteiger partial charge >= 0.3 is 0 Å². The highest BCUT2D eigenvalue weighted by molar-refractivity contribution is 6.25. The number of nitrogens with zero attached hydrogens (tertiary/aromatic N) is 4. The number of hydrogen-bond acceptors (Lipinski definition) is 4. The highest BCUT2D eigenvalue weighted by Gasteiger charge is 2.27. The van der Waals surface area contributed by atoms with Crippen LogP contribution < -0.4 is 0 Å². The lowest BCUT2D eigenvalue weighted by atomic mass is 9.85. The smallest absolute Gasteiger partial charge is 0.164 e. The molecule has 0 saturated carbocycles. The molecule has 0 N–H and O–H groups in total. The van der Waals surface area contributed by atoms with Crippen molar-refractivity contribution >= 4 is 54.9 Å². The van der Waals surface area contributed by atoms with E-state index in [9.17, 15) is 0 Å². The quantitative estimate of drug-likeness (QED) is 0.153. The number of furan rings is 1. The van der Waals surface area contributed by atoms with Gasteiger partial charge in [0.15, 0.2) is 17.5 Å². The van der Waals surface area contributed by atoms with Crippen LogP contribution in [-0.2, 0) is 0 Å². The first-order valence-electron chi connectivity index (χ1n) is 23.5. The third-order valence-corrected chi connectivity index (χ3v) is 13.6. The molecule has 0 amide bonds. The maximum absolute atomic E-state index is 6.64. The predicted molar refractivity (Wildman–Crippen MR) is 280 cm³/mol. The first-order valence-corrected chi connectivity index (χ1v) is 23.5. The summed E-state index contributed by atoms with van der Waals surface area (Å²) in [5, 5.41) is 4.52. The van der Waals surface area contributed by atoms with Crippen LogP contribution in [0.4, 0.5) is 0 Å². The molecule has 1 atom stereocenters. The molecule has 3 aromatic heterocycles. The van der Waals surface area contributed by atoms with E-state index in [0.29, 0.717) is 17.5 Å². The molecule has 11 aromatic rings. The van der Waals surface area contributed by atoms with Crippen LogP contribution in [0.15, 0.2) is 229 Å². The Balaban J connectivity index is 1.14. The van der Waals surface area contributed by atoms with Gasteiger partial charge in [-0.25, -0.2) is 15.0 Å². The van der Waals surface area contributed by atoms with Gasteiger partial charge in [0.05, 0.1) is 22.1 Å². The van der Waals surface area contributed by atoms with Crippen LogP contribution in [0.3, 0.4) is 0 Å². The minimum atomic E-state index is 0.262. The van der Waals surface area contributed by atoms with Crippen molar-refractivity contribution in [3.8, 4) is 50.7 Å². The van der Waals surface area contributed by atoms with E-state index in [4.69, 9.17) is 19.4 Å². The number of aromatic nitrogens is 4. The molecule has 13 rings (SSSR count). The van der Waals surface area contributed by atoms with E-state index in [1.54, 1.807) is 0 Å². The van der Waals surface area contributed by atoms with Gasteiger partial charge in [0.2, 0.25) is 0 Å². The van der Waals surface area contributed by atoms with E-state index in [-0.39, 0.29) is 5.92 Å². The molecule has 2 aliphatic rings. The molecule has 5 heteroatoms. The monoisotopic (exact) mass is 872 g/mol. The van der Waals surface area contributed by atoms with Crippen LogP contribution in [0.2, 0.25) is 0 Å². The lowest BCUT2D eigenvalue weighted by Gasteiger charge is -2.24. The van der Waals surface area contributed by atoms with Crippen molar-refractivity contribution in [2.45, 2.75) is 25.2 Å². The zero-order valence-corrected chi connectivity index (χ0v) is 37.3. The van der Waals surface area contributed by atoms with E-state index >= 15 is 0 Å². The molecule has 68 heavy (non-hydrogen) atoms. The first-order chi connectivity index (χ1) is 33.7. The van der Waals surface area contributed by atoms with E-state index in [0.717, 1.165) is 102 Å². The summed E-state index contributed by atoms with van der Waals surface area (Å²) in [6.45, 7) is 0. The lowest BCUT2D eigenvalue weighted by Crippen LogP contribution is -2.07. The molecule has 5 nitrogen and oxygen atoms in total. The summed E-state index contributed by atoms with van der Waals surface area (Å²) in [4.78, 5) is 15.8. The minimum Gasteiger partial charge on any atom is -0.456 e. The van der Waals surface area contributed by atoms with Gasteiger partial charge in [-0.05, 0) is 83.5 Å². The van der Waals surface area contributed by atoms with Crippen LogP contribution in [0.25, 0.3) is 106 Å². The zero-order valence-electron chi connectivity index (χ0n) is 37.3. The first kappa shape index (κ1) is 39.7. The van der Waals surface area contributed by atoms with Crippen molar-refractivity contribution in [1.82, 2.24) is 19.5 Å². The van der Waals surface area contributed by atoms with Crippen molar-refractivity contribution in [1.29, 1.82) is 0 Å². The van der Waals surface area contributed by atoms with Gasteiger partial charge in [0.25, 0.3) is 0 Å². The maximum Gasteiger partial charge on any atom is 0.164 e. The number of rotatable bonds is 8. The second kappa shape index (κ2) is 16.6. The molecule has 0 radical (unpaired) electrons. The molecular formula is C63H44N4O. The third-order valence-electron chi connectivity index (χ3n) is 13.6. The molecule has 3 heterocycles. The molecule has 322 valence electrons. The highest BCUT2D eigenvalue weighted by Crippen LogP contribution is 2.47. The van der Waals surface area contributed by atoms with Gasteiger partial charge in [0, 0.05) is 49.9 Å². The second-order valence-corrected chi connectivity index (χ2v) is 17.7.